The van der Waals surface area contributed by atoms with Crippen LogP contribution in [0.15, 0.2) is 36.4 Å². The van der Waals surface area contributed by atoms with E-state index in [2.05, 4.69) is 15.3 Å². The van der Waals surface area contributed by atoms with Gasteiger partial charge in [0.25, 0.3) is 0 Å². The number of carbonyl (C=O) groups is 1. The molecule has 0 spiro atoms. The van der Waals surface area contributed by atoms with Gasteiger partial charge in [-0.2, -0.15) is 0 Å². The summed E-state index contributed by atoms with van der Waals surface area (Å²) in [5.41, 5.74) is 1.64. The molecule has 8 heteroatoms. The van der Waals surface area contributed by atoms with Crippen molar-refractivity contribution in [3.05, 3.63) is 47.8 Å². The van der Waals surface area contributed by atoms with Gasteiger partial charge in [0.15, 0.2) is 5.82 Å². The van der Waals surface area contributed by atoms with Crippen LogP contribution in [0.25, 0.3) is 22.3 Å². The zero-order valence-corrected chi connectivity index (χ0v) is 16.9. The number of carbonyl (C=O) groups excluding carboxylic acids is 1. The minimum absolute atomic E-state index is 0.0303. The first kappa shape index (κ1) is 19.9. The average Bonchev–Trinajstić information content (AvgIpc) is 2.73. The number of benzene rings is 2. The van der Waals surface area contributed by atoms with Gasteiger partial charge in [-0.3, -0.25) is 0 Å². The van der Waals surface area contributed by atoms with Crippen LogP contribution in [0.1, 0.15) is 18.4 Å². The van der Waals surface area contributed by atoms with Gasteiger partial charge in [0.2, 0.25) is 0 Å². The molecule has 1 amide bonds. The van der Waals surface area contributed by atoms with Crippen molar-refractivity contribution >= 4 is 22.8 Å². The highest BCUT2D eigenvalue weighted by atomic mass is 19.1. The second kappa shape index (κ2) is 8.14. The number of halogens is 1. The Bertz CT molecular complexity index is 1080. The van der Waals surface area contributed by atoms with Crippen molar-refractivity contribution in [2.45, 2.75) is 25.9 Å². The van der Waals surface area contributed by atoms with Gasteiger partial charge in [0, 0.05) is 19.0 Å². The standard InChI is InChI=1S/C22H23FN4O3/c1-13-8-9-15-17(11-13)25-20(19-16(23)6-3-7-18(19)28)26-21(15)27-10-4-5-14(12-27)30-22(29)24-2/h3,6-9,11,14,28H,4-5,10,12H2,1-2H3,(H,24,29)/t14-/m0/s1. The van der Waals surface area contributed by atoms with E-state index in [1.807, 2.05) is 30.0 Å². The van der Waals surface area contributed by atoms with Gasteiger partial charge in [0.1, 0.15) is 23.5 Å². The zero-order valence-electron chi connectivity index (χ0n) is 16.9. The van der Waals surface area contributed by atoms with Gasteiger partial charge < -0.3 is 20.1 Å². The van der Waals surface area contributed by atoms with Crippen LogP contribution in [0.3, 0.4) is 0 Å². The summed E-state index contributed by atoms with van der Waals surface area (Å²) in [6, 6.07) is 9.94. The first-order valence-electron chi connectivity index (χ1n) is 9.86. The fourth-order valence-electron chi connectivity index (χ4n) is 3.75. The van der Waals surface area contributed by atoms with Gasteiger partial charge in [-0.1, -0.05) is 12.1 Å². The number of phenols is 1. The fourth-order valence-corrected chi connectivity index (χ4v) is 3.75. The molecule has 0 radical (unpaired) electrons. The van der Waals surface area contributed by atoms with E-state index in [1.54, 1.807) is 0 Å². The van der Waals surface area contributed by atoms with Crippen molar-refractivity contribution in [1.82, 2.24) is 15.3 Å². The van der Waals surface area contributed by atoms with E-state index in [-0.39, 0.29) is 23.2 Å². The van der Waals surface area contributed by atoms with Crippen LogP contribution >= 0.6 is 0 Å². The minimum atomic E-state index is -0.590. The maximum atomic E-state index is 14.5. The molecular formula is C22H23FN4O3. The number of rotatable bonds is 3. The topological polar surface area (TPSA) is 87.6 Å². The molecule has 3 aromatic rings. The Morgan fingerprint density at radius 1 is 1.30 bits per heavy atom. The second-order valence-electron chi connectivity index (χ2n) is 7.39. The van der Waals surface area contributed by atoms with Crippen LogP contribution in [-0.4, -0.2) is 47.4 Å². The number of piperidine rings is 1. The molecule has 30 heavy (non-hydrogen) atoms. The maximum absolute atomic E-state index is 14.5. The molecule has 2 aromatic carbocycles. The number of aromatic nitrogens is 2. The van der Waals surface area contributed by atoms with Crippen molar-refractivity contribution in [1.29, 1.82) is 0 Å². The third-order valence-corrected chi connectivity index (χ3v) is 5.20. The number of amides is 1. The summed E-state index contributed by atoms with van der Waals surface area (Å²) in [5.74, 6) is -0.0595. The summed E-state index contributed by atoms with van der Waals surface area (Å²) in [4.78, 5) is 22.8. The number of anilines is 1. The van der Waals surface area contributed by atoms with Crippen molar-refractivity contribution in [3.63, 3.8) is 0 Å². The van der Waals surface area contributed by atoms with Gasteiger partial charge in [-0.15, -0.1) is 0 Å². The van der Waals surface area contributed by atoms with Crippen molar-refractivity contribution in [2.24, 2.45) is 0 Å². The van der Waals surface area contributed by atoms with Crippen LogP contribution < -0.4 is 10.2 Å². The predicted octanol–water partition coefficient (Wildman–Crippen LogP) is 3.77. The summed E-state index contributed by atoms with van der Waals surface area (Å²) >= 11 is 0. The Morgan fingerprint density at radius 2 is 2.13 bits per heavy atom. The van der Waals surface area contributed by atoms with Crippen LogP contribution in [0, 0.1) is 12.7 Å². The number of hydrogen-bond acceptors (Lipinski definition) is 6. The molecule has 1 fully saturated rings. The number of phenolic OH excluding ortho intramolecular Hbond substituents is 1. The lowest BCUT2D eigenvalue weighted by molar-refractivity contribution is 0.0900. The largest absolute Gasteiger partial charge is 0.507 e. The number of fused-ring (bicyclic) bond motifs is 1. The van der Waals surface area contributed by atoms with E-state index in [0.717, 1.165) is 30.3 Å². The summed E-state index contributed by atoms with van der Waals surface area (Å²) in [6.45, 7) is 3.14. The highest BCUT2D eigenvalue weighted by Crippen LogP contribution is 2.34. The number of alkyl carbamates (subject to hydrolysis) is 1. The second-order valence-corrected chi connectivity index (χ2v) is 7.39. The molecule has 1 aliphatic heterocycles. The highest BCUT2D eigenvalue weighted by Gasteiger charge is 2.26. The molecule has 1 aromatic heterocycles. The minimum Gasteiger partial charge on any atom is -0.507 e. The van der Waals surface area contributed by atoms with Gasteiger partial charge in [-0.25, -0.2) is 19.2 Å². The molecule has 0 unspecified atom stereocenters. The Kier molecular flexibility index (Phi) is 5.39. The van der Waals surface area contributed by atoms with E-state index in [1.165, 1.54) is 25.2 Å². The van der Waals surface area contributed by atoms with Crippen LogP contribution in [0.2, 0.25) is 0 Å². The Labute approximate surface area is 173 Å². The lowest BCUT2D eigenvalue weighted by Gasteiger charge is -2.33. The smallest absolute Gasteiger partial charge is 0.407 e. The third-order valence-electron chi connectivity index (χ3n) is 5.20. The first-order valence-corrected chi connectivity index (χ1v) is 9.86. The monoisotopic (exact) mass is 410 g/mol. The van der Waals surface area contributed by atoms with Crippen LogP contribution in [0.4, 0.5) is 15.0 Å². The van der Waals surface area contributed by atoms with Gasteiger partial charge in [-0.05, 0) is 49.6 Å². The van der Waals surface area contributed by atoms with E-state index >= 15 is 0 Å². The lowest BCUT2D eigenvalue weighted by atomic mass is 10.1. The van der Waals surface area contributed by atoms with Crippen molar-refractivity contribution < 1.29 is 19.0 Å². The Balaban J connectivity index is 1.81. The third kappa shape index (κ3) is 3.85. The molecule has 4 rings (SSSR count). The van der Waals surface area contributed by atoms with Crippen LogP contribution in [-0.2, 0) is 4.74 Å². The molecule has 2 N–H and O–H groups in total. The van der Waals surface area contributed by atoms with E-state index in [9.17, 15) is 14.3 Å². The van der Waals surface area contributed by atoms with E-state index < -0.39 is 11.9 Å². The SMILES string of the molecule is CNC(=O)O[C@H]1CCCN(c2nc(-c3c(O)cccc3F)nc3cc(C)ccc23)C1. The van der Waals surface area contributed by atoms with Gasteiger partial charge >= 0.3 is 6.09 Å². The normalized spacial score (nSPS) is 16.5. The number of ether oxygens (including phenoxy) is 1. The number of nitrogens with one attached hydrogen (secondary N) is 1. The summed E-state index contributed by atoms with van der Waals surface area (Å²) in [7, 11) is 1.52. The average molecular weight is 410 g/mol. The van der Waals surface area contributed by atoms with Gasteiger partial charge in [0.05, 0.1) is 17.6 Å². The molecule has 156 valence electrons. The molecule has 0 bridgehead atoms. The molecule has 7 nitrogen and oxygen atoms in total. The highest BCUT2D eigenvalue weighted by molar-refractivity contribution is 5.92. The molecule has 2 heterocycles. The van der Waals surface area contributed by atoms with Crippen LogP contribution in [0.5, 0.6) is 5.75 Å². The summed E-state index contributed by atoms with van der Waals surface area (Å²) in [5, 5.41) is 13.5. The molecule has 1 atom stereocenters. The number of aromatic hydroxyl groups is 1. The number of nitrogens with zero attached hydrogens (tertiary/aromatic N) is 3. The molecule has 1 saturated heterocycles. The van der Waals surface area contributed by atoms with E-state index in [4.69, 9.17) is 4.74 Å². The Morgan fingerprint density at radius 3 is 2.90 bits per heavy atom. The van der Waals surface area contributed by atoms with E-state index in [0.29, 0.717) is 17.9 Å². The molecule has 0 aliphatic carbocycles. The van der Waals surface area contributed by atoms with Crippen molar-refractivity contribution in [2.75, 3.05) is 25.0 Å². The number of hydrogen-bond donors (Lipinski definition) is 2. The Hall–Kier alpha value is -3.42. The zero-order chi connectivity index (χ0) is 21.3. The quantitative estimate of drug-likeness (QED) is 0.683. The molecule has 0 saturated carbocycles. The fraction of sp³-hybridized carbons (Fsp3) is 0.318. The predicted molar refractivity (Wildman–Crippen MR) is 112 cm³/mol. The first-order chi connectivity index (χ1) is 14.5. The molecule has 1 aliphatic rings. The van der Waals surface area contributed by atoms with Crippen molar-refractivity contribution in [3.8, 4) is 17.1 Å². The number of aryl methyl sites for hydroxylation is 1. The lowest BCUT2D eigenvalue weighted by Crippen LogP contribution is -2.42. The summed E-state index contributed by atoms with van der Waals surface area (Å²) in [6.07, 6.45) is 0.827. The molecular weight excluding hydrogens is 387 g/mol. The summed E-state index contributed by atoms with van der Waals surface area (Å²) < 4.78 is 20.0. The maximum Gasteiger partial charge on any atom is 0.407 e.